The highest BCUT2D eigenvalue weighted by Gasteiger charge is 2.27. The van der Waals surface area contributed by atoms with Crippen LogP contribution in [-0.2, 0) is 21.4 Å². The molecule has 2 aromatic carbocycles. The summed E-state index contributed by atoms with van der Waals surface area (Å²) in [5, 5.41) is 2.76. The lowest BCUT2D eigenvalue weighted by Gasteiger charge is -2.24. The number of amides is 1. The van der Waals surface area contributed by atoms with Crippen LogP contribution in [0.2, 0.25) is 0 Å². The summed E-state index contributed by atoms with van der Waals surface area (Å²) >= 11 is 0. The Morgan fingerprint density at radius 2 is 1.77 bits per heavy atom. The van der Waals surface area contributed by atoms with E-state index < -0.39 is 15.9 Å². The highest BCUT2D eigenvalue weighted by molar-refractivity contribution is 7.92. The summed E-state index contributed by atoms with van der Waals surface area (Å²) < 4.78 is 33.0. The SMILES string of the molecule is COc1cccc(N(CC(=O)NCc2ccncc2)S(=O)(=O)c2ccc(C)cc2)c1. The van der Waals surface area contributed by atoms with Gasteiger partial charge in [-0.15, -0.1) is 0 Å². The van der Waals surface area contributed by atoms with Gasteiger partial charge in [-0.3, -0.25) is 14.1 Å². The van der Waals surface area contributed by atoms with Crippen LogP contribution in [0.1, 0.15) is 11.1 Å². The molecule has 0 saturated heterocycles. The molecule has 0 radical (unpaired) electrons. The van der Waals surface area contributed by atoms with Crippen molar-refractivity contribution in [1.29, 1.82) is 0 Å². The topological polar surface area (TPSA) is 88.6 Å². The van der Waals surface area contributed by atoms with Crippen LogP contribution >= 0.6 is 0 Å². The molecule has 0 spiro atoms. The predicted octanol–water partition coefficient (Wildman–Crippen LogP) is 2.91. The number of anilines is 1. The number of benzene rings is 2. The average molecular weight is 426 g/mol. The summed E-state index contributed by atoms with van der Waals surface area (Å²) in [6.45, 7) is 1.79. The molecule has 0 aliphatic heterocycles. The van der Waals surface area contributed by atoms with Gasteiger partial charge in [0.05, 0.1) is 17.7 Å². The molecule has 0 atom stereocenters. The molecule has 1 aromatic heterocycles. The third-order valence-electron chi connectivity index (χ3n) is 4.48. The molecule has 8 heteroatoms. The first-order valence-electron chi connectivity index (χ1n) is 9.29. The van der Waals surface area contributed by atoms with E-state index in [1.165, 1.54) is 19.2 Å². The first-order valence-corrected chi connectivity index (χ1v) is 10.7. The standard InChI is InChI=1S/C22H23N3O4S/c1-17-6-8-21(9-7-17)30(27,28)25(19-4-3-5-20(14-19)29-2)16-22(26)24-15-18-10-12-23-13-11-18/h3-14H,15-16H2,1-2H3,(H,24,26). The maximum Gasteiger partial charge on any atom is 0.264 e. The number of nitrogens with one attached hydrogen (secondary N) is 1. The van der Waals surface area contributed by atoms with Gasteiger partial charge >= 0.3 is 0 Å². The van der Waals surface area contributed by atoms with Gasteiger partial charge in [0.15, 0.2) is 0 Å². The largest absolute Gasteiger partial charge is 0.497 e. The van der Waals surface area contributed by atoms with E-state index in [0.717, 1.165) is 15.4 Å². The van der Waals surface area contributed by atoms with Crippen LogP contribution in [-0.4, -0.2) is 33.0 Å². The molecule has 0 aliphatic carbocycles. The molecule has 7 nitrogen and oxygen atoms in total. The smallest absolute Gasteiger partial charge is 0.264 e. The third-order valence-corrected chi connectivity index (χ3v) is 6.26. The van der Waals surface area contributed by atoms with Gasteiger partial charge in [-0.25, -0.2) is 8.42 Å². The second-order valence-corrected chi connectivity index (χ2v) is 8.52. The van der Waals surface area contributed by atoms with E-state index in [4.69, 9.17) is 4.74 Å². The summed E-state index contributed by atoms with van der Waals surface area (Å²) in [5.41, 5.74) is 2.15. The fraction of sp³-hybridized carbons (Fsp3) is 0.182. The highest BCUT2D eigenvalue weighted by Crippen LogP contribution is 2.27. The summed E-state index contributed by atoms with van der Waals surface area (Å²) in [6.07, 6.45) is 3.26. The third kappa shape index (κ3) is 5.15. The Bertz CT molecular complexity index is 1100. The second kappa shape index (κ2) is 9.41. The fourth-order valence-corrected chi connectivity index (χ4v) is 4.22. The molecule has 0 unspecified atom stereocenters. The molecule has 3 rings (SSSR count). The molecule has 1 heterocycles. The minimum absolute atomic E-state index is 0.109. The lowest BCUT2D eigenvalue weighted by atomic mass is 10.2. The van der Waals surface area contributed by atoms with E-state index >= 15 is 0 Å². The first kappa shape index (κ1) is 21.3. The molecule has 0 aliphatic rings. The Morgan fingerprint density at radius 1 is 1.07 bits per heavy atom. The Hall–Kier alpha value is -3.39. The number of carbonyl (C=O) groups excluding carboxylic acids is 1. The molecular formula is C22H23N3O4S. The zero-order valence-corrected chi connectivity index (χ0v) is 17.6. The number of ether oxygens (including phenoxy) is 1. The van der Waals surface area contributed by atoms with Crippen LogP contribution < -0.4 is 14.4 Å². The number of hydrogen-bond donors (Lipinski definition) is 1. The Labute approximate surface area is 176 Å². The van der Waals surface area contributed by atoms with Gasteiger partial charge in [-0.1, -0.05) is 23.8 Å². The molecule has 1 N–H and O–H groups in total. The Kier molecular flexibility index (Phi) is 6.68. The normalized spacial score (nSPS) is 11.0. The molecule has 0 fully saturated rings. The zero-order valence-electron chi connectivity index (χ0n) is 16.8. The van der Waals surface area contributed by atoms with Crippen molar-refractivity contribution < 1.29 is 17.9 Å². The van der Waals surface area contributed by atoms with Crippen molar-refractivity contribution in [2.75, 3.05) is 18.0 Å². The van der Waals surface area contributed by atoms with Crippen LogP contribution in [0.5, 0.6) is 5.75 Å². The van der Waals surface area contributed by atoms with E-state index in [-0.39, 0.29) is 18.0 Å². The number of rotatable bonds is 8. The number of hydrogen-bond acceptors (Lipinski definition) is 5. The van der Waals surface area contributed by atoms with Gasteiger partial charge in [0.1, 0.15) is 12.3 Å². The summed E-state index contributed by atoms with van der Waals surface area (Å²) in [7, 11) is -2.47. The monoisotopic (exact) mass is 425 g/mol. The second-order valence-electron chi connectivity index (χ2n) is 6.66. The Balaban J connectivity index is 1.89. The van der Waals surface area contributed by atoms with Crippen LogP contribution in [0.15, 0.2) is 78.0 Å². The Morgan fingerprint density at radius 3 is 2.43 bits per heavy atom. The minimum Gasteiger partial charge on any atom is -0.497 e. The van der Waals surface area contributed by atoms with Gasteiger partial charge in [0.25, 0.3) is 10.0 Å². The zero-order chi connectivity index (χ0) is 21.6. The van der Waals surface area contributed by atoms with Crippen LogP contribution in [0.4, 0.5) is 5.69 Å². The minimum atomic E-state index is -3.97. The van der Waals surface area contributed by atoms with Crippen LogP contribution in [0.25, 0.3) is 0 Å². The molecule has 156 valence electrons. The summed E-state index contributed by atoms with van der Waals surface area (Å²) in [4.78, 5) is 16.7. The predicted molar refractivity (Wildman–Crippen MR) is 115 cm³/mol. The number of aromatic nitrogens is 1. The number of aryl methyl sites for hydroxylation is 1. The van der Waals surface area contributed by atoms with Gasteiger partial charge in [0, 0.05) is 25.0 Å². The number of carbonyl (C=O) groups is 1. The van der Waals surface area contributed by atoms with E-state index in [0.29, 0.717) is 11.4 Å². The van der Waals surface area contributed by atoms with Crippen molar-refractivity contribution in [2.45, 2.75) is 18.4 Å². The summed E-state index contributed by atoms with van der Waals surface area (Å²) in [5.74, 6) is 0.0686. The van der Waals surface area contributed by atoms with E-state index in [1.807, 2.05) is 6.92 Å². The number of methoxy groups -OCH3 is 1. The van der Waals surface area contributed by atoms with Crippen molar-refractivity contribution in [1.82, 2.24) is 10.3 Å². The van der Waals surface area contributed by atoms with Crippen molar-refractivity contribution in [3.8, 4) is 5.75 Å². The van der Waals surface area contributed by atoms with E-state index in [9.17, 15) is 13.2 Å². The van der Waals surface area contributed by atoms with Gasteiger partial charge in [-0.05, 0) is 48.9 Å². The van der Waals surface area contributed by atoms with E-state index in [2.05, 4.69) is 10.3 Å². The maximum atomic E-state index is 13.4. The first-order chi connectivity index (χ1) is 14.4. The summed E-state index contributed by atoms with van der Waals surface area (Å²) in [6, 6.07) is 16.7. The van der Waals surface area contributed by atoms with Gasteiger partial charge in [0.2, 0.25) is 5.91 Å². The fourth-order valence-electron chi connectivity index (χ4n) is 2.81. The molecule has 0 bridgehead atoms. The quantitative estimate of drug-likeness (QED) is 0.600. The lowest BCUT2D eigenvalue weighted by molar-refractivity contribution is -0.119. The number of nitrogens with zero attached hydrogens (tertiary/aromatic N) is 2. The molecule has 3 aromatic rings. The molecule has 30 heavy (non-hydrogen) atoms. The molecule has 0 saturated carbocycles. The average Bonchev–Trinajstić information content (AvgIpc) is 2.77. The lowest BCUT2D eigenvalue weighted by Crippen LogP contribution is -2.40. The molecular weight excluding hydrogens is 402 g/mol. The van der Waals surface area contributed by atoms with E-state index in [1.54, 1.807) is 60.9 Å². The van der Waals surface area contributed by atoms with Gasteiger partial charge in [-0.2, -0.15) is 0 Å². The highest BCUT2D eigenvalue weighted by atomic mass is 32.2. The van der Waals surface area contributed by atoms with Crippen molar-refractivity contribution in [2.24, 2.45) is 0 Å². The van der Waals surface area contributed by atoms with Crippen molar-refractivity contribution >= 4 is 21.6 Å². The maximum absolute atomic E-state index is 13.4. The van der Waals surface area contributed by atoms with Crippen molar-refractivity contribution in [3.05, 3.63) is 84.2 Å². The van der Waals surface area contributed by atoms with Crippen molar-refractivity contribution in [3.63, 3.8) is 0 Å². The van der Waals surface area contributed by atoms with Crippen LogP contribution in [0, 0.1) is 6.92 Å². The molecule has 1 amide bonds. The van der Waals surface area contributed by atoms with Crippen LogP contribution in [0.3, 0.4) is 0 Å². The van der Waals surface area contributed by atoms with Gasteiger partial charge < -0.3 is 10.1 Å². The number of pyridine rings is 1. The number of sulfonamides is 1.